The Balaban J connectivity index is 1.46. The average Bonchev–Trinajstić information content (AvgIpc) is 3.50. The number of nitrogens with zero attached hydrogens (tertiary/aromatic N) is 4. The predicted molar refractivity (Wildman–Crippen MR) is 183 cm³/mol. The molecule has 1 aliphatic rings. The van der Waals surface area contributed by atoms with Gasteiger partial charge in [0.15, 0.2) is 4.80 Å². The van der Waals surface area contributed by atoms with E-state index in [-0.39, 0.29) is 17.2 Å². The number of hydrogen-bond acceptors (Lipinski definition) is 7. The summed E-state index contributed by atoms with van der Waals surface area (Å²) in [5.41, 5.74) is 7.50. The number of fused-ring (bicyclic) bond motifs is 1. The predicted octanol–water partition coefficient (Wildman–Crippen LogP) is 5.82. The van der Waals surface area contributed by atoms with Crippen LogP contribution in [0.1, 0.15) is 46.6 Å². The first-order valence-corrected chi connectivity index (χ1v) is 15.8. The molecule has 5 aromatic rings. The van der Waals surface area contributed by atoms with E-state index in [1.807, 2.05) is 86.9 Å². The van der Waals surface area contributed by atoms with Gasteiger partial charge in [0.1, 0.15) is 5.75 Å². The molecule has 6 rings (SSSR count). The first kappa shape index (κ1) is 31.4. The molecule has 0 aliphatic carbocycles. The van der Waals surface area contributed by atoms with Crippen molar-refractivity contribution in [1.29, 1.82) is 0 Å². The van der Waals surface area contributed by atoms with E-state index in [1.54, 1.807) is 30.7 Å². The normalized spacial score (nSPS) is 14.5. The number of hydrogen-bond donors (Lipinski definition) is 1. The lowest BCUT2D eigenvalue weighted by Gasteiger charge is -2.25. The molecule has 1 N–H and O–H groups in total. The maximum absolute atomic E-state index is 14.3. The number of allylic oxidation sites excluding steroid dienone is 1. The third kappa shape index (κ3) is 5.81. The number of carbonyl (C=O) groups is 1. The fraction of sp³-hybridized carbons (Fsp3) is 0.194. The molecule has 0 saturated carbocycles. The molecule has 10 nitrogen and oxygen atoms in total. The summed E-state index contributed by atoms with van der Waals surface area (Å²) >= 11 is 1.27. The van der Waals surface area contributed by atoms with Crippen LogP contribution < -0.4 is 24.9 Å². The SMILES string of the molecule is COc1ccc([C@@H]2C(C(=O)Nc3ccc(C)cc3C)=C(C)N=c3s/c(=C\c4cc(C)n(-c5ccc([N+](=O)[O-])cc5)c4C)c(=O)n32)cc1. The van der Waals surface area contributed by atoms with Crippen LogP contribution in [-0.4, -0.2) is 27.1 Å². The first-order chi connectivity index (χ1) is 22.5. The second kappa shape index (κ2) is 12.3. The van der Waals surface area contributed by atoms with Crippen molar-refractivity contribution < 1.29 is 14.5 Å². The highest BCUT2D eigenvalue weighted by molar-refractivity contribution is 7.07. The van der Waals surface area contributed by atoms with Crippen molar-refractivity contribution in [3.05, 3.63) is 148 Å². The van der Waals surface area contributed by atoms with Crippen LogP contribution in [0.3, 0.4) is 0 Å². The van der Waals surface area contributed by atoms with Crippen molar-refractivity contribution in [3.8, 4) is 11.4 Å². The van der Waals surface area contributed by atoms with Crippen molar-refractivity contribution in [2.24, 2.45) is 4.99 Å². The number of nitro benzene ring substituents is 1. The zero-order valence-electron chi connectivity index (χ0n) is 26.8. The summed E-state index contributed by atoms with van der Waals surface area (Å²) in [6.07, 6.45) is 1.84. The first-order valence-electron chi connectivity index (χ1n) is 15.0. The van der Waals surface area contributed by atoms with Gasteiger partial charge in [-0.05, 0) is 93.8 Å². The Kier molecular flexibility index (Phi) is 8.25. The Morgan fingerprint density at radius 2 is 1.70 bits per heavy atom. The lowest BCUT2D eigenvalue weighted by Crippen LogP contribution is -2.40. The summed E-state index contributed by atoms with van der Waals surface area (Å²) in [6, 6.07) is 20.8. The van der Waals surface area contributed by atoms with E-state index in [2.05, 4.69) is 5.32 Å². The van der Waals surface area contributed by atoms with Gasteiger partial charge in [-0.15, -0.1) is 0 Å². The minimum atomic E-state index is -0.724. The van der Waals surface area contributed by atoms with Gasteiger partial charge >= 0.3 is 0 Å². The topological polar surface area (TPSA) is 121 Å². The Morgan fingerprint density at radius 1 is 1.00 bits per heavy atom. The highest BCUT2D eigenvalue weighted by Gasteiger charge is 2.33. The Morgan fingerprint density at radius 3 is 2.34 bits per heavy atom. The number of amides is 1. The van der Waals surface area contributed by atoms with E-state index in [0.717, 1.165) is 39.3 Å². The maximum Gasteiger partial charge on any atom is 0.271 e. The van der Waals surface area contributed by atoms with Crippen LogP contribution in [0.25, 0.3) is 11.8 Å². The molecule has 47 heavy (non-hydrogen) atoms. The van der Waals surface area contributed by atoms with Crippen LogP contribution >= 0.6 is 11.3 Å². The van der Waals surface area contributed by atoms with Crippen molar-refractivity contribution in [3.63, 3.8) is 0 Å². The van der Waals surface area contributed by atoms with Crippen molar-refractivity contribution >= 4 is 34.7 Å². The van der Waals surface area contributed by atoms with Crippen LogP contribution in [0.4, 0.5) is 11.4 Å². The summed E-state index contributed by atoms with van der Waals surface area (Å²) < 4.78 is 9.43. The summed E-state index contributed by atoms with van der Waals surface area (Å²) in [4.78, 5) is 44.3. The van der Waals surface area contributed by atoms with Crippen molar-refractivity contribution in [2.45, 2.75) is 40.7 Å². The zero-order chi connectivity index (χ0) is 33.6. The van der Waals surface area contributed by atoms with E-state index in [1.165, 1.54) is 23.5 Å². The second-order valence-electron chi connectivity index (χ2n) is 11.6. The number of benzene rings is 3. The lowest BCUT2D eigenvalue weighted by molar-refractivity contribution is -0.384. The molecule has 0 unspecified atom stereocenters. The van der Waals surface area contributed by atoms with Gasteiger partial charge in [-0.2, -0.15) is 0 Å². The lowest BCUT2D eigenvalue weighted by atomic mass is 9.95. The zero-order valence-corrected chi connectivity index (χ0v) is 27.6. The van der Waals surface area contributed by atoms with Gasteiger partial charge in [-0.3, -0.25) is 24.3 Å². The van der Waals surface area contributed by atoms with Gasteiger partial charge in [-0.1, -0.05) is 41.2 Å². The van der Waals surface area contributed by atoms with Gasteiger partial charge in [0.2, 0.25) is 0 Å². The number of rotatable bonds is 7. The minimum absolute atomic E-state index is 0.0151. The molecule has 2 aromatic heterocycles. The molecular formula is C36H33N5O5S. The van der Waals surface area contributed by atoms with E-state index in [9.17, 15) is 19.7 Å². The number of aryl methyl sites for hydroxylation is 3. The quantitative estimate of drug-likeness (QED) is 0.177. The van der Waals surface area contributed by atoms with Crippen molar-refractivity contribution in [2.75, 3.05) is 12.4 Å². The van der Waals surface area contributed by atoms with E-state index in [0.29, 0.717) is 32.0 Å². The van der Waals surface area contributed by atoms with Gasteiger partial charge in [0, 0.05) is 34.9 Å². The number of aromatic nitrogens is 2. The number of thiazole rings is 1. The van der Waals surface area contributed by atoms with Crippen LogP contribution in [0.2, 0.25) is 0 Å². The summed E-state index contributed by atoms with van der Waals surface area (Å²) in [5.74, 6) is 0.325. The molecule has 0 bridgehead atoms. The van der Waals surface area contributed by atoms with E-state index < -0.39 is 11.0 Å². The van der Waals surface area contributed by atoms with Gasteiger partial charge in [-0.25, -0.2) is 4.99 Å². The van der Waals surface area contributed by atoms with Crippen LogP contribution in [0, 0.1) is 37.8 Å². The monoisotopic (exact) mass is 647 g/mol. The fourth-order valence-electron chi connectivity index (χ4n) is 6.05. The number of anilines is 1. The van der Waals surface area contributed by atoms with Crippen LogP contribution in [0.5, 0.6) is 5.75 Å². The second-order valence-corrected chi connectivity index (χ2v) is 12.6. The summed E-state index contributed by atoms with van der Waals surface area (Å²) in [5, 5.41) is 14.2. The molecule has 238 valence electrons. The van der Waals surface area contributed by atoms with Gasteiger partial charge in [0.25, 0.3) is 17.2 Å². The van der Waals surface area contributed by atoms with Gasteiger partial charge < -0.3 is 14.6 Å². The number of carbonyl (C=O) groups excluding carboxylic acids is 1. The molecular weight excluding hydrogens is 614 g/mol. The Hall–Kier alpha value is -5.55. The van der Waals surface area contributed by atoms with Gasteiger partial charge in [0.05, 0.1) is 33.9 Å². The molecule has 0 radical (unpaired) electrons. The molecule has 1 aliphatic heterocycles. The minimum Gasteiger partial charge on any atom is -0.497 e. The Labute approximate surface area is 274 Å². The number of methoxy groups -OCH3 is 1. The van der Waals surface area contributed by atoms with E-state index >= 15 is 0 Å². The number of nitro groups is 1. The highest BCUT2D eigenvalue weighted by atomic mass is 32.1. The molecule has 11 heteroatoms. The average molecular weight is 648 g/mol. The van der Waals surface area contributed by atoms with Crippen molar-refractivity contribution in [1.82, 2.24) is 9.13 Å². The largest absolute Gasteiger partial charge is 0.497 e. The van der Waals surface area contributed by atoms with E-state index in [4.69, 9.17) is 9.73 Å². The molecule has 0 fully saturated rings. The highest BCUT2D eigenvalue weighted by Crippen LogP contribution is 2.32. The third-order valence-electron chi connectivity index (χ3n) is 8.40. The molecule has 3 heterocycles. The third-order valence-corrected chi connectivity index (χ3v) is 9.39. The summed E-state index contributed by atoms with van der Waals surface area (Å²) in [7, 11) is 1.59. The number of non-ortho nitro benzene ring substituents is 1. The molecule has 1 atom stereocenters. The summed E-state index contributed by atoms with van der Waals surface area (Å²) in [6.45, 7) is 9.62. The Bertz CT molecular complexity index is 2280. The molecule has 0 spiro atoms. The maximum atomic E-state index is 14.3. The molecule has 1 amide bonds. The fourth-order valence-corrected chi connectivity index (χ4v) is 7.09. The van der Waals surface area contributed by atoms with Crippen LogP contribution in [0.15, 0.2) is 93.9 Å². The standard InChI is InChI=1S/C36H33N5O5S/c1-20-7-16-30(21(2)17-20)38-34(42)32-23(4)37-36-40(33(32)25-8-14-29(46-6)15-9-25)35(43)31(47-36)19-26-18-22(3)39(24(26)5)27-10-12-28(13-11-27)41(44)45/h7-19,33H,1-6H3,(H,38,42)/b31-19-/t33-/m1/s1. The number of ether oxygens (including phenoxy) is 1. The van der Waals surface area contributed by atoms with Crippen LogP contribution in [-0.2, 0) is 4.79 Å². The molecule has 0 saturated heterocycles. The number of nitrogens with one attached hydrogen (secondary N) is 1. The molecule has 3 aromatic carbocycles. The smallest absolute Gasteiger partial charge is 0.271 e.